The summed E-state index contributed by atoms with van der Waals surface area (Å²) in [7, 11) is 0. The van der Waals surface area contributed by atoms with Gasteiger partial charge >= 0.3 is 0 Å². The summed E-state index contributed by atoms with van der Waals surface area (Å²) in [5.41, 5.74) is 1.52. The minimum absolute atomic E-state index is 0.329. The van der Waals surface area contributed by atoms with Crippen LogP contribution < -0.4 is 5.32 Å². The fourth-order valence-corrected chi connectivity index (χ4v) is 2.72. The van der Waals surface area contributed by atoms with E-state index in [1.807, 2.05) is 0 Å². The fraction of sp³-hybridized carbons (Fsp3) is 0.786. The van der Waals surface area contributed by atoms with Gasteiger partial charge in [-0.25, -0.2) is 0 Å². The maximum Gasteiger partial charge on any atom is 0.0834 e. The summed E-state index contributed by atoms with van der Waals surface area (Å²) in [4.78, 5) is 0. The normalized spacial score (nSPS) is 19.2. The summed E-state index contributed by atoms with van der Waals surface area (Å²) < 4.78 is 2.07. The van der Waals surface area contributed by atoms with Crippen LogP contribution in [0.4, 0.5) is 0 Å². The first-order chi connectivity index (χ1) is 8.49. The van der Waals surface area contributed by atoms with E-state index in [0.717, 1.165) is 18.0 Å². The van der Waals surface area contributed by atoms with Crippen molar-refractivity contribution in [3.05, 3.63) is 16.9 Å². The van der Waals surface area contributed by atoms with E-state index >= 15 is 0 Å². The third-order valence-electron chi connectivity index (χ3n) is 3.88. The molecular weight excluding hydrogens is 246 g/mol. The van der Waals surface area contributed by atoms with Crippen LogP contribution in [-0.4, -0.2) is 16.3 Å². The van der Waals surface area contributed by atoms with Crippen molar-refractivity contribution in [3.63, 3.8) is 0 Å². The largest absolute Gasteiger partial charge is 0.308 e. The SMILES string of the molecule is CCCNC(c1c(Cl)cnn1C(C)C)C1(C)CC1. The summed E-state index contributed by atoms with van der Waals surface area (Å²) in [6, 6.07) is 0.677. The molecule has 1 saturated carbocycles. The molecule has 1 aromatic rings. The minimum Gasteiger partial charge on any atom is -0.308 e. The quantitative estimate of drug-likeness (QED) is 0.847. The number of nitrogens with zero attached hydrogens (tertiary/aromatic N) is 2. The summed E-state index contributed by atoms with van der Waals surface area (Å²) >= 11 is 6.37. The maximum atomic E-state index is 6.37. The van der Waals surface area contributed by atoms with Crippen molar-refractivity contribution in [1.82, 2.24) is 15.1 Å². The van der Waals surface area contributed by atoms with Gasteiger partial charge in [0.25, 0.3) is 0 Å². The van der Waals surface area contributed by atoms with Gasteiger partial charge in [-0.05, 0) is 45.1 Å². The van der Waals surface area contributed by atoms with Gasteiger partial charge in [0.2, 0.25) is 0 Å². The van der Waals surface area contributed by atoms with E-state index in [1.54, 1.807) is 6.20 Å². The number of aromatic nitrogens is 2. The zero-order valence-corrected chi connectivity index (χ0v) is 12.6. The van der Waals surface area contributed by atoms with Gasteiger partial charge < -0.3 is 5.32 Å². The molecule has 1 heterocycles. The topological polar surface area (TPSA) is 29.9 Å². The Morgan fingerprint density at radius 1 is 1.50 bits per heavy atom. The van der Waals surface area contributed by atoms with Crippen LogP contribution in [0.5, 0.6) is 0 Å². The average molecular weight is 270 g/mol. The molecule has 18 heavy (non-hydrogen) atoms. The highest BCUT2D eigenvalue weighted by molar-refractivity contribution is 6.31. The lowest BCUT2D eigenvalue weighted by molar-refractivity contribution is 0.335. The first-order valence-electron chi connectivity index (χ1n) is 6.96. The summed E-state index contributed by atoms with van der Waals surface area (Å²) in [6.45, 7) is 9.87. The second-order valence-corrected chi connectivity index (χ2v) is 6.36. The van der Waals surface area contributed by atoms with E-state index in [-0.39, 0.29) is 0 Å². The van der Waals surface area contributed by atoms with Crippen LogP contribution in [0.3, 0.4) is 0 Å². The third-order valence-corrected chi connectivity index (χ3v) is 4.17. The fourth-order valence-electron chi connectivity index (χ4n) is 2.48. The molecule has 0 aliphatic heterocycles. The second-order valence-electron chi connectivity index (χ2n) is 5.96. The monoisotopic (exact) mass is 269 g/mol. The number of rotatable bonds is 6. The van der Waals surface area contributed by atoms with Crippen molar-refractivity contribution < 1.29 is 0 Å². The minimum atomic E-state index is 0.329. The lowest BCUT2D eigenvalue weighted by atomic mass is 9.95. The molecule has 1 aliphatic rings. The lowest BCUT2D eigenvalue weighted by Gasteiger charge is -2.27. The molecular formula is C14H24ClN3. The van der Waals surface area contributed by atoms with Crippen LogP contribution >= 0.6 is 11.6 Å². The molecule has 1 aliphatic carbocycles. The molecule has 0 aromatic carbocycles. The molecule has 1 aromatic heterocycles. The Balaban J connectivity index is 2.32. The molecule has 0 radical (unpaired) electrons. The van der Waals surface area contributed by atoms with Gasteiger partial charge in [0.05, 0.1) is 23.0 Å². The third kappa shape index (κ3) is 2.57. The first kappa shape index (κ1) is 13.9. The Morgan fingerprint density at radius 2 is 2.17 bits per heavy atom. The van der Waals surface area contributed by atoms with Crippen LogP contribution in [0.15, 0.2) is 6.20 Å². The highest BCUT2D eigenvalue weighted by Crippen LogP contribution is 2.55. The highest BCUT2D eigenvalue weighted by atomic mass is 35.5. The molecule has 0 saturated heterocycles. The van der Waals surface area contributed by atoms with Crippen molar-refractivity contribution in [3.8, 4) is 0 Å². The van der Waals surface area contributed by atoms with Crippen LogP contribution in [0.1, 0.15) is 64.7 Å². The lowest BCUT2D eigenvalue weighted by Crippen LogP contribution is -2.31. The predicted molar refractivity (Wildman–Crippen MR) is 76.0 cm³/mol. The summed E-state index contributed by atoms with van der Waals surface area (Å²) in [5, 5.41) is 8.89. The predicted octanol–water partition coefficient (Wildman–Crippen LogP) is 3.96. The van der Waals surface area contributed by atoms with Gasteiger partial charge in [-0.1, -0.05) is 25.4 Å². The highest BCUT2D eigenvalue weighted by Gasteiger charge is 2.47. The first-order valence-corrected chi connectivity index (χ1v) is 7.33. The van der Waals surface area contributed by atoms with Crippen molar-refractivity contribution in [2.45, 2.75) is 59.0 Å². The second kappa shape index (κ2) is 5.22. The van der Waals surface area contributed by atoms with Crippen molar-refractivity contribution in [2.24, 2.45) is 5.41 Å². The number of nitrogens with one attached hydrogen (secondary N) is 1. The molecule has 1 fully saturated rings. The van der Waals surface area contributed by atoms with Gasteiger partial charge in [-0.2, -0.15) is 5.10 Å². The zero-order valence-electron chi connectivity index (χ0n) is 11.8. The Labute approximate surface area is 115 Å². The van der Waals surface area contributed by atoms with E-state index in [2.05, 4.69) is 42.8 Å². The number of halogens is 1. The molecule has 2 rings (SSSR count). The van der Waals surface area contributed by atoms with E-state index in [0.29, 0.717) is 17.5 Å². The Hall–Kier alpha value is -0.540. The molecule has 1 N–H and O–H groups in total. The molecule has 102 valence electrons. The Morgan fingerprint density at radius 3 is 2.67 bits per heavy atom. The van der Waals surface area contributed by atoms with Crippen molar-refractivity contribution >= 4 is 11.6 Å². The van der Waals surface area contributed by atoms with Crippen LogP contribution in [0.2, 0.25) is 5.02 Å². The average Bonchev–Trinajstić information content (AvgIpc) is 2.93. The number of hydrogen-bond donors (Lipinski definition) is 1. The Kier molecular flexibility index (Phi) is 4.02. The Bertz CT molecular complexity index is 407. The van der Waals surface area contributed by atoms with E-state index in [1.165, 1.54) is 18.5 Å². The molecule has 0 bridgehead atoms. The molecule has 0 amide bonds. The van der Waals surface area contributed by atoms with E-state index in [9.17, 15) is 0 Å². The van der Waals surface area contributed by atoms with Gasteiger partial charge in [-0.3, -0.25) is 4.68 Å². The molecule has 0 spiro atoms. The van der Waals surface area contributed by atoms with Gasteiger partial charge in [0.15, 0.2) is 0 Å². The number of hydrogen-bond acceptors (Lipinski definition) is 2. The van der Waals surface area contributed by atoms with E-state index < -0.39 is 0 Å². The molecule has 1 atom stereocenters. The van der Waals surface area contributed by atoms with E-state index in [4.69, 9.17) is 11.6 Å². The molecule has 1 unspecified atom stereocenters. The maximum absolute atomic E-state index is 6.37. The summed E-state index contributed by atoms with van der Waals surface area (Å²) in [6.07, 6.45) is 5.46. The molecule has 3 nitrogen and oxygen atoms in total. The van der Waals surface area contributed by atoms with Gasteiger partial charge in [0, 0.05) is 6.04 Å². The van der Waals surface area contributed by atoms with Crippen molar-refractivity contribution in [2.75, 3.05) is 6.54 Å². The van der Waals surface area contributed by atoms with Gasteiger partial charge in [-0.15, -0.1) is 0 Å². The van der Waals surface area contributed by atoms with Crippen molar-refractivity contribution in [1.29, 1.82) is 0 Å². The van der Waals surface area contributed by atoms with Gasteiger partial charge in [0.1, 0.15) is 0 Å². The van der Waals surface area contributed by atoms with Crippen LogP contribution in [-0.2, 0) is 0 Å². The van der Waals surface area contributed by atoms with Crippen LogP contribution in [0, 0.1) is 5.41 Å². The molecule has 4 heteroatoms. The zero-order chi connectivity index (χ0) is 13.3. The standard InChI is InChI=1S/C14H24ClN3/c1-5-8-16-13(14(4)6-7-14)12-11(15)9-17-18(12)10(2)3/h9-10,13,16H,5-8H2,1-4H3. The smallest absolute Gasteiger partial charge is 0.0834 e. The van der Waals surface area contributed by atoms with Crippen LogP contribution in [0.25, 0.3) is 0 Å². The summed E-state index contributed by atoms with van der Waals surface area (Å²) in [5.74, 6) is 0.